The summed E-state index contributed by atoms with van der Waals surface area (Å²) < 4.78 is 6.67. The van der Waals surface area contributed by atoms with Gasteiger partial charge in [-0.15, -0.1) is 0 Å². The third kappa shape index (κ3) is 2.41. The van der Waals surface area contributed by atoms with Crippen LogP contribution in [-0.4, -0.2) is 18.1 Å². The molecule has 1 N–H and O–H groups in total. The summed E-state index contributed by atoms with van der Waals surface area (Å²) in [6.07, 6.45) is 0.877. The number of nitrogens with one attached hydrogen (secondary N) is 1. The van der Waals surface area contributed by atoms with E-state index >= 15 is 0 Å². The monoisotopic (exact) mass is 388 g/mol. The number of ether oxygens (including phenoxy) is 1. The molecule has 0 bridgehead atoms. The van der Waals surface area contributed by atoms with Crippen LogP contribution in [0, 0.1) is 3.57 Å². The molecule has 0 amide bonds. The molecule has 0 saturated heterocycles. The Morgan fingerprint density at radius 1 is 1.47 bits per heavy atom. The minimum atomic E-state index is 0.629. The first-order valence-corrected chi connectivity index (χ1v) is 7.78. The van der Waals surface area contributed by atoms with E-state index in [-0.39, 0.29) is 0 Å². The van der Waals surface area contributed by atoms with Crippen LogP contribution in [0.1, 0.15) is 18.2 Å². The van der Waals surface area contributed by atoms with Gasteiger partial charge in [0.15, 0.2) is 0 Å². The molecule has 19 heavy (non-hydrogen) atoms. The smallest absolute Gasteiger partial charge is 0.0860 e. The zero-order valence-corrected chi connectivity index (χ0v) is 13.5. The molecule has 5 heteroatoms. The average Bonchev–Trinajstić information content (AvgIpc) is 2.40. The molecule has 3 rings (SSSR count). The highest BCUT2D eigenvalue weighted by atomic mass is 127. The van der Waals surface area contributed by atoms with E-state index < -0.39 is 0 Å². The van der Waals surface area contributed by atoms with Gasteiger partial charge in [0.1, 0.15) is 0 Å². The molecule has 0 aliphatic carbocycles. The van der Waals surface area contributed by atoms with Crippen LogP contribution in [0.25, 0.3) is 10.9 Å². The summed E-state index contributed by atoms with van der Waals surface area (Å²) in [6, 6.07) is 3.94. The summed E-state index contributed by atoms with van der Waals surface area (Å²) in [4.78, 5) is 4.81. The Labute approximate surface area is 130 Å². The molecule has 0 radical (unpaired) electrons. The van der Waals surface area contributed by atoms with Gasteiger partial charge in [0.05, 0.1) is 30.1 Å². The van der Waals surface area contributed by atoms with Gasteiger partial charge in [-0.3, -0.25) is 4.98 Å². The Hall–Kier alpha value is -0.590. The quantitative estimate of drug-likeness (QED) is 0.790. The normalized spacial score (nSPS) is 14.5. The lowest BCUT2D eigenvalue weighted by atomic mass is 10.0. The van der Waals surface area contributed by atoms with Crippen molar-refractivity contribution >= 4 is 50.8 Å². The maximum Gasteiger partial charge on any atom is 0.0860 e. The lowest BCUT2D eigenvalue weighted by Crippen LogP contribution is -2.15. The van der Waals surface area contributed by atoms with Gasteiger partial charge in [-0.2, -0.15) is 0 Å². The third-order valence-electron chi connectivity index (χ3n) is 3.28. The molecule has 3 nitrogen and oxygen atoms in total. The van der Waals surface area contributed by atoms with Crippen LogP contribution in [0.5, 0.6) is 0 Å². The van der Waals surface area contributed by atoms with Crippen LogP contribution >= 0.6 is 34.2 Å². The van der Waals surface area contributed by atoms with Gasteiger partial charge in [0.2, 0.25) is 0 Å². The second-order valence-electron chi connectivity index (χ2n) is 4.53. The number of anilines is 1. The summed E-state index contributed by atoms with van der Waals surface area (Å²) in [7, 11) is 0. The molecule has 2 heterocycles. The van der Waals surface area contributed by atoms with Crippen LogP contribution < -0.4 is 5.32 Å². The fourth-order valence-electron chi connectivity index (χ4n) is 2.46. The summed E-state index contributed by atoms with van der Waals surface area (Å²) >= 11 is 8.49. The molecule has 2 aromatic rings. The first kappa shape index (κ1) is 13.4. The van der Waals surface area contributed by atoms with E-state index in [2.05, 4.69) is 34.8 Å². The molecule has 0 unspecified atom stereocenters. The highest BCUT2D eigenvalue weighted by Crippen LogP contribution is 2.35. The van der Waals surface area contributed by atoms with Crippen molar-refractivity contribution in [3.8, 4) is 0 Å². The second kappa shape index (κ2) is 5.42. The molecule has 1 aliphatic heterocycles. The standard InChI is InChI=1S/C14H14ClIN2O/c1-2-17-13-9-5-8(15)6-11(16)14(9)18-12-3-4-19-7-10(12)13/h5-6H,2-4,7H2,1H3,(H,17,18). The number of aromatic nitrogens is 1. The van der Waals surface area contributed by atoms with Gasteiger partial charge in [0, 0.05) is 32.5 Å². The largest absolute Gasteiger partial charge is 0.384 e. The molecule has 1 aliphatic rings. The minimum absolute atomic E-state index is 0.629. The summed E-state index contributed by atoms with van der Waals surface area (Å²) in [5, 5.41) is 5.28. The number of nitrogens with zero attached hydrogens (tertiary/aromatic N) is 1. The van der Waals surface area contributed by atoms with Gasteiger partial charge in [0.25, 0.3) is 0 Å². The van der Waals surface area contributed by atoms with Crippen molar-refractivity contribution in [3.05, 3.63) is 32.0 Å². The molecule has 0 atom stereocenters. The molecule has 1 aromatic carbocycles. The zero-order chi connectivity index (χ0) is 13.4. The minimum Gasteiger partial charge on any atom is -0.384 e. The first-order chi connectivity index (χ1) is 9.20. The molecule has 0 fully saturated rings. The highest BCUT2D eigenvalue weighted by molar-refractivity contribution is 14.1. The Kier molecular flexibility index (Phi) is 3.82. The van der Waals surface area contributed by atoms with Crippen LogP contribution in [0.15, 0.2) is 12.1 Å². The van der Waals surface area contributed by atoms with Crippen LogP contribution in [-0.2, 0) is 17.8 Å². The van der Waals surface area contributed by atoms with Crippen molar-refractivity contribution in [1.82, 2.24) is 4.98 Å². The van der Waals surface area contributed by atoms with E-state index in [9.17, 15) is 0 Å². The summed E-state index contributed by atoms with van der Waals surface area (Å²) in [5.41, 5.74) is 4.48. The van der Waals surface area contributed by atoms with E-state index in [1.807, 2.05) is 12.1 Å². The number of fused-ring (bicyclic) bond motifs is 2. The Bertz CT molecular complexity index is 645. The summed E-state index contributed by atoms with van der Waals surface area (Å²) in [6.45, 7) is 4.34. The number of benzene rings is 1. The Morgan fingerprint density at radius 3 is 3.11 bits per heavy atom. The average molecular weight is 389 g/mol. The predicted molar refractivity (Wildman–Crippen MR) is 87.0 cm³/mol. The van der Waals surface area contributed by atoms with E-state index in [4.69, 9.17) is 21.3 Å². The molecular formula is C14H14ClIN2O. The number of hydrogen-bond donors (Lipinski definition) is 1. The maximum atomic E-state index is 6.19. The topological polar surface area (TPSA) is 34.2 Å². The highest BCUT2D eigenvalue weighted by Gasteiger charge is 2.19. The van der Waals surface area contributed by atoms with E-state index in [1.54, 1.807) is 0 Å². The fraction of sp³-hybridized carbons (Fsp3) is 0.357. The second-order valence-corrected chi connectivity index (χ2v) is 6.13. The lowest BCUT2D eigenvalue weighted by Gasteiger charge is -2.22. The summed E-state index contributed by atoms with van der Waals surface area (Å²) in [5.74, 6) is 0. The third-order valence-corrected chi connectivity index (χ3v) is 4.32. The molecule has 0 spiro atoms. The lowest BCUT2D eigenvalue weighted by molar-refractivity contribution is 0.110. The molecule has 1 aromatic heterocycles. The van der Waals surface area contributed by atoms with E-state index in [1.165, 1.54) is 5.56 Å². The number of halogens is 2. The molecular weight excluding hydrogens is 375 g/mol. The first-order valence-electron chi connectivity index (χ1n) is 6.32. The van der Waals surface area contributed by atoms with Crippen molar-refractivity contribution in [2.75, 3.05) is 18.5 Å². The predicted octanol–water partition coefficient (Wildman–Crippen LogP) is 4.00. The fourth-order valence-corrected chi connectivity index (χ4v) is 3.61. The number of rotatable bonds is 2. The maximum absolute atomic E-state index is 6.19. The van der Waals surface area contributed by atoms with Crippen LogP contribution in [0.4, 0.5) is 5.69 Å². The number of hydrogen-bond acceptors (Lipinski definition) is 3. The Balaban J connectivity index is 2.35. The zero-order valence-electron chi connectivity index (χ0n) is 10.6. The van der Waals surface area contributed by atoms with Crippen molar-refractivity contribution in [3.63, 3.8) is 0 Å². The van der Waals surface area contributed by atoms with Crippen LogP contribution in [0.2, 0.25) is 5.02 Å². The van der Waals surface area contributed by atoms with Crippen LogP contribution in [0.3, 0.4) is 0 Å². The van der Waals surface area contributed by atoms with Gasteiger partial charge >= 0.3 is 0 Å². The van der Waals surface area contributed by atoms with Gasteiger partial charge < -0.3 is 10.1 Å². The van der Waals surface area contributed by atoms with E-state index in [0.717, 1.165) is 50.4 Å². The van der Waals surface area contributed by atoms with Crippen molar-refractivity contribution < 1.29 is 4.74 Å². The van der Waals surface area contributed by atoms with Gasteiger partial charge in [-0.1, -0.05) is 11.6 Å². The molecule has 0 saturated carbocycles. The van der Waals surface area contributed by atoms with Crippen molar-refractivity contribution in [2.24, 2.45) is 0 Å². The van der Waals surface area contributed by atoms with Gasteiger partial charge in [-0.05, 0) is 41.6 Å². The molecule has 100 valence electrons. The SMILES string of the molecule is CCNc1c2c(nc3c(I)cc(Cl)cc13)CCOC2. The number of pyridine rings is 1. The van der Waals surface area contributed by atoms with E-state index in [0.29, 0.717) is 6.61 Å². The van der Waals surface area contributed by atoms with Crippen molar-refractivity contribution in [2.45, 2.75) is 20.0 Å². The van der Waals surface area contributed by atoms with Gasteiger partial charge in [-0.25, -0.2) is 0 Å². The Morgan fingerprint density at radius 2 is 2.32 bits per heavy atom. The van der Waals surface area contributed by atoms with Crippen molar-refractivity contribution in [1.29, 1.82) is 0 Å².